The van der Waals surface area contributed by atoms with Crippen LogP contribution in [0.1, 0.15) is 59.9 Å². The summed E-state index contributed by atoms with van der Waals surface area (Å²) in [5, 5.41) is 1.77. The second-order valence-electron chi connectivity index (χ2n) is 9.41. The monoisotopic (exact) mass is 428 g/mol. The lowest BCUT2D eigenvalue weighted by molar-refractivity contribution is -0.330. The molecule has 0 aliphatic carbocycles. The highest BCUT2D eigenvalue weighted by Crippen LogP contribution is 2.42. The number of carbonyl (C=O) groups excluding carboxylic acids is 1. The van der Waals surface area contributed by atoms with Crippen LogP contribution in [0.5, 0.6) is 0 Å². The minimum atomic E-state index is -3.88. The number of ether oxygens (including phenoxy) is 1. The third-order valence-corrected chi connectivity index (χ3v) is 6.50. The van der Waals surface area contributed by atoms with Crippen LogP contribution in [-0.2, 0) is 28.7 Å². The van der Waals surface area contributed by atoms with Gasteiger partial charge in [-0.15, -0.1) is 0 Å². The summed E-state index contributed by atoms with van der Waals surface area (Å²) in [6, 6.07) is 6.60. The maximum absolute atomic E-state index is 12.7. The molecule has 8 heteroatoms. The molecular formula is C21H33NO6S. The van der Waals surface area contributed by atoms with Gasteiger partial charge in [0, 0.05) is 11.1 Å². The van der Waals surface area contributed by atoms with Crippen LogP contribution in [0, 0.1) is 6.92 Å². The van der Waals surface area contributed by atoms with Crippen LogP contribution in [0.2, 0.25) is 0 Å². The van der Waals surface area contributed by atoms with Crippen molar-refractivity contribution in [2.45, 2.75) is 89.0 Å². The predicted molar refractivity (Wildman–Crippen MR) is 110 cm³/mol. The highest BCUT2D eigenvalue weighted by atomic mass is 32.2. The van der Waals surface area contributed by atoms with Crippen LogP contribution in [0.3, 0.4) is 0 Å². The average Bonchev–Trinajstić information content (AvgIpc) is 2.56. The van der Waals surface area contributed by atoms with E-state index in [0.717, 1.165) is 5.56 Å². The number of hydroxylamine groups is 2. The van der Waals surface area contributed by atoms with Gasteiger partial charge in [-0.3, -0.25) is 9.02 Å². The molecule has 29 heavy (non-hydrogen) atoms. The Kier molecular flexibility index (Phi) is 6.55. The van der Waals surface area contributed by atoms with Gasteiger partial charge in [-0.25, -0.2) is 4.79 Å². The van der Waals surface area contributed by atoms with Gasteiger partial charge in [0.2, 0.25) is 0 Å². The molecule has 1 aliphatic rings. The molecule has 1 aromatic carbocycles. The van der Waals surface area contributed by atoms with Crippen molar-refractivity contribution in [1.29, 1.82) is 0 Å². The van der Waals surface area contributed by atoms with E-state index in [-0.39, 0.29) is 4.90 Å². The Hall–Kier alpha value is -1.48. The minimum Gasteiger partial charge on any atom is -0.467 e. The van der Waals surface area contributed by atoms with E-state index in [9.17, 15) is 13.2 Å². The Bertz CT molecular complexity index is 824. The lowest BCUT2D eigenvalue weighted by Crippen LogP contribution is -2.64. The molecule has 0 saturated carbocycles. The van der Waals surface area contributed by atoms with Gasteiger partial charge < -0.3 is 4.74 Å². The van der Waals surface area contributed by atoms with Gasteiger partial charge >= 0.3 is 5.97 Å². The van der Waals surface area contributed by atoms with Gasteiger partial charge in [0.15, 0.2) is 5.60 Å². The number of piperidine rings is 1. The first-order chi connectivity index (χ1) is 13.1. The van der Waals surface area contributed by atoms with Gasteiger partial charge in [0.1, 0.15) is 0 Å². The summed E-state index contributed by atoms with van der Waals surface area (Å²) in [5.74, 6) is -0.482. The summed E-state index contributed by atoms with van der Waals surface area (Å²) in [6.07, 6.45) is 0.310. The standard InChI is InChI=1S/C21H33NO6S/c1-15-9-11-17(12-10-15)29(24,25)27-16-13-19(2,3)22(20(4,5)14-16)28-21(6,7)18(23)26-8/h9-12,16H,13-14H2,1-8H3/i22+1. The fourth-order valence-corrected chi connectivity index (χ4v) is 5.01. The van der Waals surface area contributed by atoms with Gasteiger partial charge in [-0.2, -0.15) is 13.5 Å². The number of esters is 1. The molecule has 0 atom stereocenters. The first-order valence-corrected chi connectivity index (χ1v) is 11.1. The maximum Gasteiger partial charge on any atom is 0.339 e. The second-order valence-corrected chi connectivity index (χ2v) is 11.0. The lowest BCUT2D eigenvalue weighted by atomic mass is 9.84. The molecule has 0 spiro atoms. The number of nitrogens with zero attached hydrogens (tertiary/aromatic N) is 1. The van der Waals surface area contributed by atoms with Gasteiger partial charge in [-0.05, 0) is 73.4 Å². The Balaban J connectivity index is 2.23. The average molecular weight is 429 g/mol. The fourth-order valence-electron chi connectivity index (χ4n) is 3.94. The van der Waals surface area contributed by atoms with Crippen molar-refractivity contribution in [2.75, 3.05) is 7.11 Å². The highest BCUT2D eigenvalue weighted by Gasteiger charge is 2.51. The molecule has 1 aromatic rings. The third kappa shape index (κ3) is 5.36. The summed E-state index contributed by atoms with van der Waals surface area (Å²) in [5.41, 5.74) is -1.36. The highest BCUT2D eigenvalue weighted by molar-refractivity contribution is 7.86. The minimum absolute atomic E-state index is 0.143. The molecule has 0 unspecified atom stereocenters. The SMILES string of the molecule is COC(=O)C(C)(C)O[15N]1C(C)(C)CC(OS(=O)(=O)c2ccc(C)cc2)CC1(C)C. The predicted octanol–water partition coefficient (Wildman–Crippen LogP) is 3.61. The van der Waals surface area contributed by atoms with E-state index >= 15 is 0 Å². The van der Waals surface area contributed by atoms with E-state index in [1.165, 1.54) is 7.11 Å². The molecule has 0 radical (unpaired) electrons. The number of carbonyl (C=O) groups is 1. The van der Waals surface area contributed by atoms with E-state index in [2.05, 4.69) is 0 Å². The topological polar surface area (TPSA) is 82.1 Å². The number of rotatable bonds is 6. The van der Waals surface area contributed by atoms with Crippen molar-refractivity contribution in [3.8, 4) is 0 Å². The summed E-state index contributed by atoms with van der Waals surface area (Å²) < 4.78 is 36.0. The van der Waals surface area contributed by atoms with Gasteiger partial charge in [0.25, 0.3) is 10.1 Å². The van der Waals surface area contributed by atoms with Crippen LogP contribution in [-0.4, -0.2) is 49.3 Å². The molecular weight excluding hydrogens is 395 g/mol. The Morgan fingerprint density at radius 2 is 1.55 bits per heavy atom. The van der Waals surface area contributed by atoms with E-state index < -0.39 is 38.9 Å². The zero-order valence-corrected chi connectivity index (χ0v) is 19.4. The van der Waals surface area contributed by atoms with Crippen molar-refractivity contribution in [1.82, 2.24) is 5.06 Å². The summed E-state index contributed by atoms with van der Waals surface area (Å²) in [6.45, 7) is 13.0. The van der Waals surface area contributed by atoms with Crippen LogP contribution < -0.4 is 0 Å². The Morgan fingerprint density at radius 1 is 1.07 bits per heavy atom. The molecule has 0 bridgehead atoms. The zero-order chi connectivity index (χ0) is 22.3. The first kappa shape index (κ1) is 23.8. The molecule has 1 aliphatic heterocycles. The maximum atomic E-state index is 12.7. The van der Waals surface area contributed by atoms with Crippen molar-refractivity contribution in [3.05, 3.63) is 29.8 Å². The van der Waals surface area contributed by atoms with E-state index in [0.29, 0.717) is 12.8 Å². The quantitative estimate of drug-likeness (QED) is 0.389. The third-order valence-electron chi connectivity index (χ3n) is 5.12. The molecule has 0 aromatic heterocycles. The van der Waals surface area contributed by atoms with Crippen molar-refractivity contribution in [2.24, 2.45) is 0 Å². The summed E-state index contributed by atoms with van der Waals surface area (Å²) >= 11 is 0. The largest absolute Gasteiger partial charge is 0.467 e. The number of hydrogen-bond acceptors (Lipinski definition) is 7. The smallest absolute Gasteiger partial charge is 0.339 e. The van der Waals surface area contributed by atoms with Crippen LogP contribution in [0.25, 0.3) is 0 Å². The van der Waals surface area contributed by atoms with E-state index in [4.69, 9.17) is 13.8 Å². The van der Waals surface area contributed by atoms with Gasteiger partial charge in [-0.1, -0.05) is 17.7 Å². The molecule has 2 rings (SSSR count). The molecule has 1 heterocycles. The molecule has 7 nitrogen and oxygen atoms in total. The number of benzene rings is 1. The van der Waals surface area contributed by atoms with Crippen molar-refractivity contribution >= 4 is 16.1 Å². The number of methoxy groups -OCH3 is 1. The molecule has 0 amide bonds. The number of aryl methyl sites for hydroxylation is 1. The molecule has 1 saturated heterocycles. The summed E-state index contributed by atoms with van der Waals surface area (Å²) in [7, 11) is -2.56. The summed E-state index contributed by atoms with van der Waals surface area (Å²) in [4.78, 5) is 18.3. The molecule has 164 valence electrons. The van der Waals surface area contributed by atoms with Crippen LogP contribution >= 0.6 is 0 Å². The Labute approximate surface area is 174 Å². The number of hydrogen-bond donors (Lipinski definition) is 0. The lowest BCUT2D eigenvalue weighted by Gasteiger charge is -2.54. The molecule has 1 fully saturated rings. The van der Waals surface area contributed by atoms with Crippen LogP contribution in [0.15, 0.2) is 29.2 Å². The zero-order valence-electron chi connectivity index (χ0n) is 18.6. The second kappa shape index (κ2) is 7.98. The van der Waals surface area contributed by atoms with Crippen LogP contribution in [0.4, 0.5) is 0 Å². The fraction of sp³-hybridized carbons (Fsp3) is 0.667. The molecule has 0 N–H and O–H groups in total. The van der Waals surface area contributed by atoms with E-state index in [1.807, 2.05) is 34.6 Å². The normalized spacial score (nSPS) is 20.4. The Morgan fingerprint density at radius 3 is 2.00 bits per heavy atom. The van der Waals surface area contributed by atoms with Crippen molar-refractivity contribution < 1.29 is 27.0 Å². The van der Waals surface area contributed by atoms with Gasteiger partial charge in [0.05, 0.1) is 18.1 Å². The first-order valence-electron chi connectivity index (χ1n) is 9.69. The van der Waals surface area contributed by atoms with Crippen molar-refractivity contribution in [3.63, 3.8) is 0 Å². The van der Waals surface area contributed by atoms with E-state index in [1.54, 1.807) is 43.2 Å².